The molecule has 0 N–H and O–H groups in total. The molecule has 7 aromatic rings. The SMILES string of the molecule is Cc1cccc(C)c1-c1cnn(-c2cccc(Oc3ccc4c5ccccc5n(-c5cc(CC(C)C)ccn5)c4c3)c2)c1. The summed E-state index contributed by atoms with van der Waals surface area (Å²) in [6, 6.07) is 33.6. The Morgan fingerprint density at radius 2 is 1.51 bits per heavy atom. The molecule has 5 nitrogen and oxygen atoms in total. The molecule has 0 aliphatic rings. The van der Waals surface area contributed by atoms with Gasteiger partial charge in [-0.2, -0.15) is 5.10 Å². The predicted octanol–water partition coefficient (Wildman–Crippen LogP) is 9.64. The molecule has 3 heterocycles. The van der Waals surface area contributed by atoms with Crippen LogP contribution in [0.5, 0.6) is 11.5 Å². The van der Waals surface area contributed by atoms with Crippen LogP contribution in [0.15, 0.2) is 116 Å². The van der Waals surface area contributed by atoms with E-state index in [1.807, 2.05) is 47.4 Å². The molecule has 0 aliphatic carbocycles. The molecule has 3 aromatic heterocycles. The largest absolute Gasteiger partial charge is 0.457 e. The third-order valence-electron chi connectivity index (χ3n) is 8.00. The highest BCUT2D eigenvalue weighted by Gasteiger charge is 2.15. The summed E-state index contributed by atoms with van der Waals surface area (Å²) in [7, 11) is 0. The van der Waals surface area contributed by atoms with Crippen molar-refractivity contribution in [3.8, 4) is 34.1 Å². The summed E-state index contributed by atoms with van der Waals surface area (Å²) in [6.45, 7) is 8.77. The number of para-hydroxylation sites is 1. The maximum absolute atomic E-state index is 6.47. The Morgan fingerprint density at radius 1 is 0.744 bits per heavy atom. The lowest BCUT2D eigenvalue weighted by molar-refractivity contribution is 0.483. The van der Waals surface area contributed by atoms with E-state index < -0.39 is 0 Å². The van der Waals surface area contributed by atoms with Gasteiger partial charge in [0.15, 0.2) is 0 Å². The monoisotopic (exact) mass is 562 g/mol. The van der Waals surface area contributed by atoms with Crippen molar-refractivity contribution in [3.63, 3.8) is 0 Å². The van der Waals surface area contributed by atoms with Crippen LogP contribution in [0.25, 0.3) is 44.4 Å². The Bertz CT molecular complexity index is 2080. The standard InChI is InChI=1S/C38H34N4O/c1-25(2)19-28-17-18-39-37(20-28)42-35-14-6-5-13-33(35)34-16-15-32(22-36(34)42)43-31-12-8-11-30(21-31)41-24-29(23-40-41)38-26(3)9-7-10-27(38)4/h5-18,20-25H,19H2,1-4H3. The molecule has 0 radical (unpaired) electrons. The molecule has 5 heteroatoms. The number of ether oxygens (including phenoxy) is 1. The van der Waals surface area contributed by atoms with Crippen molar-refractivity contribution in [1.29, 1.82) is 0 Å². The molecule has 0 spiro atoms. The third kappa shape index (κ3) is 5.08. The zero-order valence-corrected chi connectivity index (χ0v) is 25.0. The van der Waals surface area contributed by atoms with Gasteiger partial charge in [0.25, 0.3) is 0 Å². The van der Waals surface area contributed by atoms with Crippen LogP contribution in [-0.4, -0.2) is 19.3 Å². The number of aryl methyl sites for hydroxylation is 2. The zero-order chi connectivity index (χ0) is 29.5. The van der Waals surface area contributed by atoms with Crippen molar-refractivity contribution < 1.29 is 4.74 Å². The Balaban J connectivity index is 1.25. The van der Waals surface area contributed by atoms with E-state index in [1.165, 1.54) is 33.0 Å². The van der Waals surface area contributed by atoms with Gasteiger partial charge in [-0.1, -0.05) is 56.3 Å². The Labute approximate surface area is 252 Å². The number of pyridine rings is 1. The number of hydrogen-bond acceptors (Lipinski definition) is 3. The molecule has 0 aliphatic heterocycles. The van der Waals surface area contributed by atoms with Crippen molar-refractivity contribution in [2.24, 2.45) is 5.92 Å². The molecule has 0 bridgehead atoms. The Hall–Kier alpha value is -5.16. The van der Waals surface area contributed by atoms with Crippen LogP contribution in [0, 0.1) is 19.8 Å². The number of hydrogen-bond donors (Lipinski definition) is 0. The Morgan fingerprint density at radius 3 is 2.35 bits per heavy atom. The first kappa shape index (κ1) is 26.7. The van der Waals surface area contributed by atoms with E-state index in [-0.39, 0.29) is 0 Å². The van der Waals surface area contributed by atoms with E-state index in [1.54, 1.807) is 0 Å². The van der Waals surface area contributed by atoms with Gasteiger partial charge in [-0.3, -0.25) is 4.57 Å². The molecule has 0 saturated heterocycles. The van der Waals surface area contributed by atoms with Gasteiger partial charge in [0.05, 0.1) is 22.9 Å². The number of nitrogens with zero attached hydrogens (tertiary/aromatic N) is 4. The van der Waals surface area contributed by atoms with Crippen LogP contribution >= 0.6 is 0 Å². The lowest BCUT2D eigenvalue weighted by Gasteiger charge is -2.11. The van der Waals surface area contributed by atoms with Crippen LogP contribution in [-0.2, 0) is 6.42 Å². The van der Waals surface area contributed by atoms with Crippen molar-refractivity contribution in [2.45, 2.75) is 34.1 Å². The summed E-state index contributed by atoms with van der Waals surface area (Å²) >= 11 is 0. The first-order valence-corrected chi connectivity index (χ1v) is 14.8. The minimum absolute atomic E-state index is 0.573. The zero-order valence-electron chi connectivity index (χ0n) is 25.0. The average molecular weight is 563 g/mol. The van der Waals surface area contributed by atoms with E-state index in [0.717, 1.165) is 46.0 Å². The highest BCUT2D eigenvalue weighted by atomic mass is 16.5. The second kappa shape index (κ2) is 10.9. The normalized spacial score (nSPS) is 11.6. The van der Waals surface area contributed by atoms with E-state index >= 15 is 0 Å². The van der Waals surface area contributed by atoms with Gasteiger partial charge in [-0.25, -0.2) is 9.67 Å². The minimum Gasteiger partial charge on any atom is -0.457 e. The fourth-order valence-electron chi connectivity index (χ4n) is 6.13. The van der Waals surface area contributed by atoms with Crippen LogP contribution in [0.2, 0.25) is 0 Å². The molecule has 0 amide bonds. The van der Waals surface area contributed by atoms with Gasteiger partial charge in [0.1, 0.15) is 17.3 Å². The van der Waals surface area contributed by atoms with Crippen molar-refractivity contribution >= 4 is 21.8 Å². The summed E-state index contributed by atoms with van der Waals surface area (Å²) in [5.74, 6) is 3.01. The lowest BCUT2D eigenvalue weighted by Crippen LogP contribution is -2.01. The quantitative estimate of drug-likeness (QED) is 0.194. The van der Waals surface area contributed by atoms with E-state index in [4.69, 9.17) is 9.72 Å². The lowest BCUT2D eigenvalue weighted by atomic mass is 9.98. The van der Waals surface area contributed by atoms with Gasteiger partial charge >= 0.3 is 0 Å². The van der Waals surface area contributed by atoms with Crippen molar-refractivity contribution in [3.05, 3.63) is 132 Å². The molecular weight excluding hydrogens is 528 g/mol. The van der Waals surface area contributed by atoms with Gasteiger partial charge < -0.3 is 4.74 Å². The number of rotatable bonds is 7. The molecular formula is C38H34N4O. The third-order valence-corrected chi connectivity index (χ3v) is 8.00. The summed E-state index contributed by atoms with van der Waals surface area (Å²) < 4.78 is 10.6. The van der Waals surface area contributed by atoms with Crippen LogP contribution in [0.3, 0.4) is 0 Å². The van der Waals surface area contributed by atoms with E-state index in [2.05, 4.69) is 110 Å². The smallest absolute Gasteiger partial charge is 0.137 e. The molecule has 0 saturated carbocycles. The number of fused-ring (bicyclic) bond motifs is 3. The van der Waals surface area contributed by atoms with Gasteiger partial charge in [-0.05, 0) is 90.9 Å². The summed E-state index contributed by atoms with van der Waals surface area (Å²) in [6.07, 6.45) is 6.94. The first-order chi connectivity index (χ1) is 20.9. The summed E-state index contributed by atoms with van der Waals surface area (Å²) in [5, 5.41) is 7.04. The summed E-state index contributed by atoms with van der Waals surface area (Å²) in [5.41, 5.74) is 9.24. The van der Waals surface area contributed by atoms with E-state index in [0.29, 0.717) is 5.92 Å². The predicted molar refractivity (Wildman–Crippen MR) is 176 cm³/mol. The number of aromatic nitrogens is 4. The molecule has 4 aromatic carbocycles. The molecule has 0 fully saturated rings. The Kier molecular flexibility index (Phi) is 6.78. The average Bonchev–Trinajstić information content (AvgIpc) is 3.60. The van der Waals surface area contributed by atoms with Crippen LogP contribution in [0.4, 0.5) is 0 Å². The first-order valence-electron chi connectivity index (χ1n) is 14.8. The fourth-order valence-corrected chi connectivity index (χ4v) is 6.13. The van der Waals surface area contributed by atoms with Gasteiger partial charge in [0, 0.05) is 40.9 Å². The van der Waals surface area contributed by atoms with E-state index in [9.17, 15) is 0 Å². The highest BCUT2D eigenvalue weighted by Crippen LogP contribution is 2.35. The topological polar surface area (TPSA) is 44.9 Å². The number of benzene rings is 4. The fraction of sp³-hybridized carbons (Fsp3) is 0.158. The molecule has 7 rings (SSSR count). The molecule has 0 unspecified atom stereocenters. The molecule has 43 heavy (non-hydrogen) atoms. The molecule has 0 atom stereocenters. The van der Waals surface area contributed by atoms with Gasteiger partial charge in [-0.15, -0.1) is 0 Å². The van der Waals surface area contributed by atoms with Crippen molar-refractivity contribution in [2.75, 3.05) is 0 Å². The highest BCUT2D eigenvalue weighted by molar-refractivity contribution is 6.09. The van der Waals surface area contributed by atoms with Gasteiger partial charge in [0.2, 0.25) is 0 Å². The minimum atomic E-state index is 0.573. The maximum atomic E-state index is 6.47. The van der Waals surface area contributed by atoms with Crippen LogP contribution in [0.1, 0.15) is 30.5 Å². The van der Waals surface area contributed by atoms with Crippen molar-refractivity contribution in [1.82, 2.24) is 19.3 Å². The summed E-state index contributed by atoms with van der Waals surface area (Å²) in [4.78, 5) is 4.80. The second-order valence-electron chi connectivity index (χ2n) is 11.7. The maximum Gasteiger partial charge on any atom is 0.137 e. The molecule has 212 valence electrons. The van der Waals surface area contributed by atoms with Crippen LogP contribution < -0.4 is 4.74 Å². The second-order valence-corrected chi connectivity index (χ2v) is 11.7.